The molecule has 2 rings (SSSR count). The third kappa shape index (κ3) is 3.77. The Labute approximate surface area is 134 Å². The first-order chi connectivity index (χ1) is 9.76. The fraction of sp³-hybridized carbons (Fsp3) is 0.571. The number of ether oxygens (including phenoxy) is 1. The average Bonchev–Trinajstić information content (AvgIpc) is 2.60. The van der Waals surface area contributed by atoms with E-state index in [1.165, 1.54) is 11.4 Å². The van der Waals surface area contributed by atoms with Crippen molar-refractivity contribution >= 4 is 26.0 Å². The summed E-state index contributed by atoms with van der Waals surface area (Å²) >= 11 is 3.31. The van der Waals surface area contributed by atoms with Gasteiger partial charge >= 0.3 is 0 Å². The van der Waals surface area contributed by atoms with E-state index in [1.807, 2.05) is 0 Å². The first-order valence-corrected chi connectivity index (χ1v) is 9.06. The standard InChI is InChI=1S/C14H20BrNO4S/c1-14(17)6-3-8-16(9-7-14)21(18,19)11-4-5-13(20-2)12(15)10-11/h4-5,10,17H,3,6-9H2,1-2H3. The van der Waals surface area contributed by atoms with Crippen LogP contribution in [0.1, 0.15) is 26.2 Å². The van der Waals surface area contributed by atoms with Gasteiger partial charge in [0.1, 0.15) is 5.75 Å². The zero-order valence-electron chi connectivity index (χ0n) is 12.2. The minimum atomic E-state index is -3.55. The number of benzene rings is 1. The number of hydrogen-bond donors (Lipinski definition) is 1. The van der Waals surface area contributed by atoms with Gasteiger partial charge < -0.3 is 9.84 Å². The third-order valence-corrected chi connectivity index (χ3v) is 6.30. The maximum absolute atomic E-state index is 12.7. The van der Waals surface area contributed by atoms with Gasteiger partial charge in [0, 0.05) is 13.1 Å². The molecule has 1 aliphatic heterocycles. The molecule has 0 aliphatic carbocycles. The minimum Gasteiger partial charge on any atom is -0.496 e. The molecular formula is C14H20BrNO4S. The Morgan fingerprint density at radius 3 is 2.67 bits per heavy atom. The molecule has 1 aromatic carbocycles. The average molecular weight is 378 g/mol. The Bertz CT molecular complexity index is 615. The molecule has 1 unspecified atom stereocenters. The van der Waals surface area contributed by atoms with Crippen molar-refractivity contribution in [3.8, 4) is 5.75 Å². The van der Waals surface area contributed by atoms with Crippen molar-refractivity contribution in [2.24, 2.45) is 0 Å². The monoisotopic (exact) mass is 377 g/mol. The van der Waals surface area contributed by atoms with Crippen LogP contribution in [0.3, 0.4) is 0 Å². The highest BCUT2D eigenvalue weighted by Crippen LogP contribution is 2.30. The van der Waals surface area contributed by atoms with Gasteiger partial charge in [-0.25, -0.2) is 8.42 Å². The highest BCUT2D eigenvalue weighted by atomic mass is 79.9. The lowest BCUT2D eigenvalue weighted by molar-refractivity contribution is 0.0465. The van der Waals surface area contributed by atoms with E-state index in [0.717, 1.165) is 0 Å². The molecule has 21 heavy (non-hydrogen) atoms. The summed E-state index contributed by atoms with van der Waals surface area (Å²) in [7, 11) is -2.01. The van der Waals surface area contributed by atoms with Crippen LogP contribution in [0, 0.1) is 0 Å². The van der Waals surface area contributed by atoms with E-state index in [4.69, 9.17) is 4.74 Å². The van der Waals surface area contributed by atoms with E-state index in [-0.39, 0.29) is 4.90 Å². The molecule has 1 saturated heterocycles. The number of nitrogens with zero attached hydrogens (tertiary/aromatic N) is 1. The van der Waals surface area contributed by atoms with Crippen molar-refractivity contribution in [2.45, 2.75) is 36.7 Å². The van der Waals surface area contributed by atoms with Crippen molar-refractivity contribution in [1.29, 1.82) is 0 Å². The lowest BCUT2D eigenvalue weighted by atomic mass is 9.98. The van der Waals surface area contributed by atoms with Crippen molar-refractivity contribution in [2.75, 3.05) is 20.2 Å². The fourth-order valence-electron chi connectivity index (χ4n) is 2.44. The third-order valence-electron chi connectivity index (χ3n) is 3.78. The van der Waals surface area contributed by atoms with Gasteiger partial charge in [-0.05, 0) is 60.3 Å². The van der Waals surface area contributed by atoms with E-state index in [2.05, 4.69) is 15.9 Å². The zero-order valence-corrected chi connectivity index (χ0v) is 14.6. The van der Waals surface area contributed by atoms with Gasteiger partial charge in [-0.2, -0.15) is 4.31 Å². The first-order valence-electron chi connectivity index (χ1n) is 6.82. The van der Waals surface area contributed by atoms with Crippen molar-refractivity contribution in [3.63, 3.8) is 0 Å². The molecule has 7 heteroatoms. The van der Waals surface area contributed by atoms with Gasteiger partial charge in [-0.3, -0.25) is 0 Å². The summed E-state index contributed by atoms with van der Waals surface area (Å²) in [6.45, 7) is 2.52. The Morgan fingerprint density at radius 1 is 1.33 bits per heavy atom. The lowest BCUT2D eigenvalue weighted by Crippen LogP contribution is -2.33. The number of rotatable bonds is 3. The van der Waals surface area contributed by atoms with Gasteiger partial charge in [0.2, 0.25) is 10.0 Å². The van der Waals surface area contributed by atoms with Crippen molar-refractivity contribution in [3.05, 3.63) is 22.7 Å². The van der Waals surface area contributed by atoms with Crippen molar-refractivity contribution < 1.29 is 18.3 Å². The second-order valence-electron chi connectivity index (χ2n) is 5.55. The predicted molar refractivity (Wildman–Crippen MR) is 83.9 cm³/mol. The summed E-state index contributed by atoms with van der Waals surface area (Å²) in [6, 6.07) is 4.73. The van der Waals surface area contributed by atoms with Crippen LogP contribution in [0.2, 0.25) is 0 Å². The van der Waals surface area contributed by atoms with Gasteiger partial charge in [0.25, 0.3) is 0 Å². The largest absolute Gasteiger partial charge is 0.496 e. The van der Waals surface area contributed by atoms with Crippen LogP contribution >= 0.6 is 15.9 Å². The molecular weight excluding hydrogens is 358 g/mol. The minimum absolute atomic E-state index is 0.233. The molecule has 1 N–H and O–H groups in total. The molecule has 1 heterocycles. The quantitative estimate of drug-likeness (QED) is 0.877. The molecule has 0 saturated carbocycles. The summed E-state index contributed by atoms with van der Waals surface area (Å²) in [6.07, 6.45) is 1.72. The van der Waals surface area contributed by atoms with Crippen LogP contribution in [-0.2, 0) is 10.0 Å². The summed E-state index contributed by atoms with van der Waals surface area (Å²) in [4.78, 5) is 0.233. The van der Waals surface area contributed by atoms with Crippen LogP contribution in [-0.4, -0.2) is 43.6 Å². The molecule has 0 aromatic heterocycles. The Kier molecular flexibility index (Phi) is 4.97. The second-order valence-corrected chi connectivity index (χ2v) is 8.34. The number of hydrogen-bond acceptors (Lipinski definition) is 4. The van der Waals surface area contributed by atoms with Gasteiger partial charge in [-0.15, -0.1) is 0 Å². The van der Waals surface area contributed by atoms with E-state index >= 15 is 0 Å². The Hall–Kier alpha value is -0.630. The number of halogens is 1. The van der Waals surface area contributed by atoms with Gasteiger partial charge in [0.15, 0.2) is 0 Å². The maximum atomic E-state index is 12.7. The highest BCUT2D eigenvalue weighted by molar-refractivity contribution is 9.10. The number of methoxy groups -OCH3 is 1. The smallest absolute Gasteiger partial charge is 0.243 e. The van der Waals surface area contributed by atoms with Crippen LogP contribution in [0.15, 0.2) is 27.6 Å². The fourth-order valence-corrected chi connectivity index (χ4v) is 4.63. The summed E-state index contributed by atoms with van der Waals surface area (Å²) in [5.41, 5.74) is -0.787. The van der Waals surface area contributed by atoms with Crippen LogP contribution in [0.4, 0.5) is 0 Å². The Morgan fingerprint density at radius 2 is 2.05 bits per heavy atom. The predicted octanol–water partition coefficient (Wildman–Crippen LogP) is 2.38. The van der Waals surface area contributed by atoms with Crippen LogP contribution < -0.4 is 4.74 Å². The molecule has 1 aromatic rings. The molecule has 1 atom stereocenters. The summed E-state index contributed by atoms with van der Waals surface area (Å²) in [5.74, 6) is 0.591. The highest BCUT2D eigenvalue weighted by Gasteiger charge is 2.31. The van der Waals surface area contributed by atoms with Crippen LogP contribution in [0.25, 0.3) is 0 Å². The molecule has 5 nitrogen and oxygen atoms in total. The zero-order chi connectivity index (χ0) is 15.7. The lowest BCUT2D eigenvalue weighted by Gasteiger charge is -2.22. The Balaban J connectivity index is 2.27. The van der Waals surface area contributed by atoms with E-state index in [9.17, 15) is 13.5 Å². The van der Waals surface area contributed by atoms with Crippen molar-refractivity contribution in [1.82, 2.24) is 4.31 Å². The molecule has 0 amide bonds. The topological polar surface area (TPSA) is 66.8 Å². The first kappa shape index (κ1) is 16.7. The summed E-state index contributed by atoms with van der Waals surface area (Å²) in [5, 5.41) is 10.1. The molecule has 1 aliphatic rings. The molecule has 0 radical (unpaired) electrons. The molecule has 1 fully saturated rings. The maximum Gasteiger partial charge on any atom is 0.243 e. The number of aliphatic hydroxyl groups is 1. The van der Waals surface area contributed by atoms with Gasteiger partial charge in [-0.1, -0.05) is 0 Å². The summed E-state index contributed by atoms with van der Waals surface area (Å²) < 4.78 is 32.5. The van der Waals surface area contributed by atoms with Crippen LogP contribution in [0.5, 0.6) is 5.75 Å². The SMILES string of the molecule is COc1ccc(S(=O)(=O)N2CCCC(C)(O)CC2)cc1Br. The number of sulfonamides is 1. The second kappa shape index (κ2) is 6.24. The normalized spacial score (nSPS) is 24.6. The van der Waals surface area contributed by atoms with E-state index < -0.39 is 15.6 Å². The van der Waals surface area contributed by atoms with E-state index in [1.54, 1.807) is 25.1 Å². The molecule has 0 spiro atoms. The molecule has 0 bridgehead atoms. The van der Waals surface area contributed by atoms with E-state index in [0.29, 0.717) is 42.6 Å². The van der Waals surface area contributed by atoms with Gasteiger partial charge in [0.05, 0.1) is 22.1 Å². The molecule has 118 valence electrons.